The fourth-order valence-electron chi connectivity index (χ4n) is 2.94. The molecule has 0 N–H and O–H groups in total. The topological polar surface area (TPSA) is 38.1 Å². The second-order valence-corrected chi connectivity index (χ2v) is 7.51. The van der Waals surface area contributed by atoms with Gasteiger partial charge in [-0.3, -0.25) is 4.79 Å². The van der Waals surface area contributed by atoms with Gasteiger partial charge < -0.3 is 4.90 Å². The van der Waals surface area contributed by atoms with Gasteiger partial charge in [-0.25, -0.2) is 4.68 Å². The molecule has 0 amide bonds. The van der Waals surface area contributed by atoms with E-state index in [9.17, 15) is 4.79 Å². The molecule has 2 aromatic rings. The highest BCUT2D eigenvalue weighted by Crippen LogP contribution is 2.24. The van der Waals surface area contributed by atoms with E-state index in [0.29, 0.717) is 24.3 Å². The molecule has 24 heavy (non-hydrogen) atoms. The van der Waals surface area contributed by atoms with Crippen LogP contribution in [0.4, 0.5) is 5.82 Å². The van der Waals surface area contributed by atoms with Crippen molar-refractivity contribution in [1.29, 1.82) is 0 Å². The molecule has 0 atom stereocenters. The normalized spacial score (nSPS) is 11.6. The summed E-state index contributed by atoms with van der Waals surface area (Å²) in [5.41, 5.74) is -0.0338. The lowest BCUT2D eigenvalue weighted by molar-refractivity contribution is 0.529. The van der Waals surface area contributed by atoms with Crippen molar-refractivity contribution in [3.63, 3.8) is 0 Å². The Morgan fingerprint density at radius 1 is 1.08 bits per heavy atom. The van der Waals surface area contributed by atoms with Crippen LogP contribution in [0.5, 0.6) is 0 Å². The molecule has 1 aromatic carbocycles. The number of nitrogens with zero attached hydrogens (tertiary/aromatic N) is 3. The Hall–Kier alpha value is -1.55. The van der Waals surface area contributed by atoms with Crippen LogP contribution in [0, 0.1) is 11.8 Å². The zero-order valence-corrected chi connectivity index (χ0v) is 15.9. The van der Waals surface area contributed by atoms with Crippen molar-refractivity contribution in [2.24, 2.45) is 11.8 Å². The lowest BCUT2D eigenvalue weighted by atomic mass is 10.1. The number of rotatable bonds is 8. The van der Waals surface area contributed by atoms with Crippen molar-refractivity contribution in [2.75, 3.05) is 23.9 Å². The molecular weight excluding hydrogens is 322 g/mol. The van der Waals surface area contributed by atoms with Gasteiger partial charge in [0, 0.05) is 30.9 Å². The highest BCUT2D eigenvalue weighted by Gasteiger charge is 2.18. The standard InChI is InChI=1S/C19H28ClN3O/c1-14(2)12-22(13-15(3)4)18-16-8-5-6-9-17(16)19(24)23(21-18)11-7-10-20/h5-6,8-9,14-15H,7,10-13H2,1-4H3. The van der Waals surface area contributed by atoms with Gasteiger partial charge >= 0.3 is 0 Å². The van der Waals surface area contributed by atoms with E-state index in [4.69, 9.17) is 16.7 Å². The number of anilines is 1. The largest absolute Gasteiger partial charge is 0.354 e. The molecule has 5 heteroatoms. The van der Waals surface area contributed by atoms with Gasteiger partial charge in [0.2, 0.25) is 0 Å². The third kappa shape index (κ3) is 4.50. The van der Waals surface area contributed by atoms with Crippen molar-refractivity contribution in [1.82, 2.24) is 9.78 Å². The Morgan fingerprint density at radius 2 is 1.67 bits per heavy atom. The molecule has 0 aliphatic carbocycles. The van der Waals surface area contributed by atoms with Crippen molar-refractivity contribution < 1.29 is 0 Å². The Labute approximate surface area is 149 Å². The Bertz CT molecular complexity index is 714. The molecule has 0 spiro atoms. The van der Waals surface area contributed by atoms with Crippen LogP contribution in [0.2, 0.25) is 0 Å². The van der Waals surface area contributed by atoms with Crippen LogP contribution in [0.1, 0.15) is 34.1 Å². The summed E-state index contributed by atoms with van der Waals surface area (Å²) in [6.45, 7) is 11.2. The number of aromatic nitrogens is 2. The molecular formula is C19H28ClN3O. The number of hydrogen-bond donors (Lipinski definition) is 0. The van der Waals surface area contributed by atoms with Crippen molar-refractivity contribution in [3.8, 4) is 0 Å². The average molecular weight is 350 g/mol. The molecule has 4 nitrogen and oxygen atoms in total. The minimum Gasteiger partial charge on any atom is -0.354 e. The summed E-state index contributed by atoms with van der Waals surface area (Å²) in [7, 11) is 0. The van der Waals surface area contributed by atoms with E-state index in [1.165, 1.54) is 0 Å². The Morgan fingerprint density at radius 3 is 2.21 bits per heavy atom. The first-order valence-electron chi connectivity index (χ1n) is 8.74. The fraction of sp³-hybridized carbons (Fsp3) is 0.579. The van der Waals surface area contributed by atoms with Gasteiger partial charge in [0.25, 0.3) is 5.56 Å². The van der Waals surface area contributed by atoms with E-state index in [1.807, 2.05) is 24.3 Å². The van der Waals surface area contributed by atoms with Crippen molar-refractivity contribution in [2.45, 2.75) is 40.7 Å². The monoisotopic (exact) mass is 349 g/mol. The van der Waals surface area contributed by atoms with Crippen LogP contribution < -0.4 is 10.5 Å². The van der Waals surface area contributed by atoms with E-state index >= 15 is 0 Å². The van der Waals surface area contributed by atoms with Crippen molar-refractivity contribution in [3.05, 3.63) is 34.6 Å². The van der Waals surface area contributed by atoms with Gasteiger partial charge in [0.15, 0.2) is 5.82 Å². The molecule has 1 aromatic heterocycles. The first-order chi connectivity index (χ1) is 11.4. The molecule has 0 bridgehead atoms. The summed E-state index contributed by atoms with van der Waals surface area (Å²) < 4.78 is 1.58. The molecule has 0 fully saturated rings. The van der Waals surface area contributed by atoms with Crippen LogP contribution in [-0.4, -0.2) is 28.8 Å². The Balaban J connectivity index is 2.60. The number of fused-ring (bicyclic) bond motifs is 1. The number of halogens is 1. The second-order valence-electron chi connectivity index (χ2n) is 7.13. The van der Waals surface area contributed by atoms with Gasteiger partial charge in [0.1, 0.15) is 0 Å². The molecule has 132 valence electrons. The summed E-state index contributed by atoms with van der Waals surface area (Å²) in [5, 5.41) is 6.38. The van der Waals surface area contributed by atoms with Gasteiger partial charge in [-0.05, 0) is 24.3 Å². The number of alkyl halides is 1. The molecule has 0 aliphatic rings. The van der Waals surface area contributed by atoms with Crippen LogP contribution in [0.25, 0.3) is 10.8 Å². The van der Waals surface area contributed by atoms with Crippen LogP contribution in [0.3, 0.4) is 0 Å². The van der Waals surface area contributed by atoms with Gasteiger partial charge in [-0.1, -0.05) is 45.9 Å². The van der Waals surface area contributed by atoms with E-state index < -0.39 is 0 Å². The van der Waals surface area contributed by atoms with Crippen LogP contribution in [-0.2, 0) is 6.54 Å². The average Bonchev–Trinajstić information content (AvgIpc) is 2.53. The third-order valence-corrected chi connectivity index (χ3v) is 4.09. The fourth-order valence-corrected chi connectivity index (χ4v) is 3.06. The minimum atomic E-state index is -0.0338. The Kier molecular flexibility index (Phi) is 6.67. The number of aryl methyl sites for hydroxylation is 1. The third-order valence-electron chi connectivity index (χ3n) is 3.82. The predicted molar refractivity (Wildman–Crippen MR) is 103 cm³/mol. The highest BCUT2D eigenvalue weighted by molar-refractivity contribution is 6.17. The molecule has 0 aliphatic heterocycles. The maximum Gasteiger partial charge on any atom is 0.274 e. The lowest BCUT2D eigenvalue weighted by Gasteiger charge is -2.28. The molecule has 1 heterocycles. The molecule has 2 rings (SSSR count). The summed E-state index contributed by atoms with van der Waals surface area (Å²) in [6.07, 6.45) is 0.737. The summed E-state index contributed by atoms with van der Waals surface area (Å²) in [6, 6.07) is 7.77. The molecule has 0 saturated heterocycles. The van der Waals surface area contributed by atoms with Gasteiger partial charge in [0.05, 0.1) is 5.39 Å². The van der Waals surface area contributed by atoms with Crippen LogP contribution >= 0.6 is 11.6 Å². The second kappa shape index (κ2) is 8.52. The molecule has 0 unspecified atom stereocenters. The quantitative estimate of drug-likeness (QED) is 0.672. The van der Waals surface area contributed by atoms with Crippen LogP contribution in [0.15, 0.2) is 29.1 Å². The maximum absolute atomic E-state index is 12.7. The first kappa shape index (κ1) is 18.8. The zero-order valence-electron chi connectivity index (χ0n) is 15.1. The summed E-state index contributed by atoms with van der Waals surface area (Å²) in [4.78, 5) is 15.0. The minimum absolute atomic E-state index is 0.0338. The zero-order chi connectivity index (χ0) is 17.7. The maximum atomic E-state index is 12.7. The lowest BCUT2D eigenvalue weighted by Crippen LogP contribution is -2.35. The van der Waals surface area contributed by atoms with Gasteiger partial charge in [-0.2, -0.15) is 5.10 Å². The highest BCUT2D eigenvalue weighted by atomic mass is 35.5. The van der Waals surface area contributed by atoms with E-state index in [1.54, 1.807) is 4.68 Å². The van der Waals surface area contributed by atoms with Crippen molar-refractivity contribution >= 4 is 28.2 Å². The molecule has 0 saturated carbocycles. The van der Waals surface area contributed by atoms with E-state index in [2.05, 4.69) is 32.6 Å². The number of benzene rings is 1. The molecule has 0 radical (unpaired) electrons. The number of hydrogen-bond acceptors (Lipinski definition) is 3. The first-order valence-corrected chi connectivity index (χ1v) is 9.28. The van der Waals surface area contributed by atoms with E-state index in [-0.39, 0.29) is 5.56 Å². The predicted octanol–water partition coefficient (Wildman–Crippen LogP) is 4.14. The van der Waals surface area contributed by atoms with E-state index in [0.717, 1.165) is 36.1 Å². The summed E-state index contributed by atoms with van der Waals surface area (Å²) in [5.74, 6) is 2.47. The van der Waals surface area contributed by atoms with Gasteiger partial charge in [-0.15, -0.1) is 11.6 Å². The summed E-state index contributed by atoms with van der Waals surface area (Å²) >= 11 is 5.81. The smallest absolute Gasteiger partial charge is 0.274 e. The SMILES string of the molecule is CC(C)CN(CC(C)C)c1nn(CCCCl)c(=O)c2ccccc12.